The lowest BCUT2D eigenvalue weighted by molar-refractivity contribution is 0.0696. The summed E-state index contributed by atoms with van der Waals surface area (Å²) in [7, 11) is 0. The number of aromatic carboxylic acids is 1. The van der Waals surface area contributed by atoms with Gasteiger partial charge in [-0.05, 0) is 71.1 Å². The topological polar surface area (TPSA) is 37.3 Å². The van der Waals surface area contributed by atoms with Crippen LogP contribution in [0.2, 0.25) is 0 Å². The number of hydrogen-bond acceptors (Lipinski definition) is 1. The van der Waals surface area contributed by atoms with Gasteiger partial charge in [-0.2, -0.15) is 0 Å². The van der Waals surface area contributed by atoms with Crippen molar-refractivity contribution in [3.8, 4) is 11.1 Å². The van der Waals surface area contributed by atoms with Gasteiger partial charge in [0, 0.05) is 4.47 Å². The molecule has 0 bridgehead atoms. The van der Waals surface area contributed by atoms with E-state index in [2.05, 4.69) is 48.8 Å². The summed E-state index contributed by atoms with van der Waals surface area (Å²) >= 11 is 3.27. The average molecular weight is 319 g/mol. The van der Waals surface area contributed by atoms with Crippen molar-refractivity contribution in [2.24, 2.45) is 0 Å². The van der Waals surface area contributed by atoms with Crippen LogP contribution in [0.15, 0.2) is 34.8 Å². The third-order valence-corrected chi connectivity index (χ3v) is 3.85. The SMILES string of the molecule is Cc1cc(C)c(-c2ccc(Br)c(C(=O)O)c2)c(C)c1. The number of benzene rings is 2. The minimum absolute atomic E-state index is 0.289. The molecule has 1 N–H and O–H groups in total. The summed E-state index contributed by atoms with van der Waals surface area (Å²) < 4.78 is 0.603. The predicted octanol–water partition coefficient (Wildman–Crippen LogP) is 4.74. The molecular formula is C16H15BrO2. The summed E-state index contributed by atoms with van der Waals surface area (Å²) in [6.45, 7) is 6.17. The summed E-state index contributed by atoms with van der Waals surface area (Å²) in [6, 6.07) is 9.69. The third-order valence-electron chi connectivity index (χ3n) is 3.16. The first-order valence-electron chi connectivity index (χ1n) is 6.01. The second kappa shape index (κ2) is 5.17. The molecule has 3 heteroatoms. The van der Waals surface area contributed by atoms with Crippen molar-refractivity contribution in [2.45, 2.75) is 20.8 Å². The van der Waals surface area contributed by atoms with Crippen molar-refractivity contribution in [3.63, 3.8) is 0 Å². The van der Waals surface area contributed by atoms with E-state index in [-0.39, 0.29) is 5.56 Å². The van der Waals surface area contributed by atoms with Crippen LogP contribution < -0.4 is 0 Å². The molecule has 2 nitrogen and oxygen atoms in total. The number of rotatable bonds is 2. The van der Waals surface area contributed by atoms with Gasteiger partial charge in [0.2, 0.25) is 0 Å². The molecule has 0 spiro atoms. The molecule has 0 aliphatic rings. The fraction of sp³-hybridized carbons (Fsp3) is 0.188. The lowest BCUT2D eigenvalue weighted by Crippen LogP contribution is -1.99. The molecule has 0 aliphatic carbocycles. The Morgan fingerprint density at radius 3 is 2.16 bits per heavy atom. The van der Waals surface area contributed by atoms with Crippen molar-refractivity contribution in [3.05, 3.63) is 57.1 Å². The van der Waals surface area contributed by atoms with Crippen molar-refractivity contribution in [1.82, 2.24) is 0 Å². The van der Waals surface area contributed by atoms with Crippen LogP contribution in [-0.2, 0) is 0 Å². The Labute approximate surface area is 121 Å². The largest absolute Gasteiger partial charge is 0.478 e. The van der Waals surface area contributed by atoms with Crippen LogP contribution in [0.3, 0.4) is 0 Å². The van der Waals surface area contributed by atoms with Crippen molar-refractivity contribution >= 4 is 21.9 Å². The molecule has 2 aromatic rings. The van der Waals surface area contributed by atoms with E-state index in [0.29, 0.717) is 4.47 Å². The molecule has 0 aliphatic heterocycles. The number of aryl methyl sites for hydroxylation is 3. The number of carbonyl (C=O) groups is 1. The van der Waals surface area contributed by atoms with Crippen LogP contribution in [0.4, 0.5) is 0 Å². The molecule has 0 saturated carbocycles. The zero-order valence-corrected chi connectivity index (χ0v) is 12.7. The Bertz CT molecular complexity index is 637. The van der Waals surface area contributed by atoms with E-state index in [1.807, 2.05) is 6.07 Å². The minimum Gasteiger partial charge on any atom is -0.478 e. The highest BCUT2D eigenvalue weighted by Gasteiger charge is 2.12. The van der Waals surface area contributed by atoms with Crippen LogP contribution in [0.1, 0.15) is 27.0 Å². The Morgan fingerprint density at radius 1 is 1.05 bits per heavy atom. The van der Waals surface area contributed by atoms with E-state index in [1.165, 1.54) is 5.56 Å². The van der Waals surface area contributed by atoms with E-state index in [4.69, 9.17) is 0 Å². The Morgan fingerprint density at radius 2 is 1.63 bits per heavy atom. The van der Waals surface area contributed by atoms with Gasteiger partial charge >= 0.3 is 5.97 Å². The number of hydrogen-bond donors (Lipinski definition) is 1. The normalized spacial score (nSPS) is 10.5. The molecule has 0 aromatic heterocycles. The van der Waals surface area contributed by atoms with Gasteiger partial charge in [-0.3, -0.25) is 0 Å². The second-order valence-electron chi connectivity index (χ2n) is 4.77. The summed E-state index contributed by atoms with van der Waals surface area (Å²) in [5.74, 6) is -0.920. The molecule has 19 heavy (non-hydrogen) atoms. The van der Waals surface area contributed by atoms with Gasteiger partial charge in [-0.15, -0.1) is 0 Å². The fourth-order valence-corrected chi connectivity index (χ4v) is 2.90. The van der Waals surface area contributed by atoms with Crippen LogP contribution in [0.5, 0.6) is 0 Å². The highest BCUT2D eigenvalue weighted by molar-refractivity contribution is 9.10. The lowest BCUT2D eigenvalue weighted by atomic mass is 9.93. The maximum atomic E-state index is 11.2. The standard InChI is InChI=1S/C16H15BrO2/c1-9-6-10(2)15(11(3)7-9)12-4-5-14(17)13(8-12)16(18)19/h4-8H,1-3H3,(H,18,19). The molecule has 0 radical (unpaired) electrons. The molecule has 0 atom stereocenters. The van der Waals surface area contributed by atoms with Gasteiger partial charge < -0.3 is 5.11 Å². The van der Waals surface area contributed by atoms with Gasteiger partial charge in [-0.25, -0.2) is 4.79 Å². The molecule has 0 amide bonds. The Balaban J connectivity index is 2.66. The van der Waals surface area contributed by atoms with Crippen molar-refractivity contribution in [1.29, 1.82) is 0 Å². The smallest absolute Gasteiger partial charge is 0.336 e. The van der Waals surface area contributed by atoms with Crippen LogP contribution in [0, 0.1) is 20.8 Å². The predicted molar refractivity (Wildman–Crippen MR) is 80.7 cm³/mol. The molecular weight excluding hydrogens is 304 g/mol. The molecule has 2 aromatic carbocycles. The van der Waals surface area contributed by atoms with E-state index < -0.39 is 5.97 Å². The molecule has 0 heterocycles. The van der Waals surface area contributed by atoms with Gasteiger partial charge in [0.1, 0.15) is 0 Å². The molecule has 0 fully saturated rings. The molecule has 0 saturated heterocycles. The van der Waals surface area contributed by atoms with Crippen LogP contribution >= 0.6 is 15.9 Å². The van der Waals surface area contributed by atoms with Crippen molar-refractivity contribution in [2.75, 3.05) is 0 Å². The summed E-state index contributed by atoms with van der Waals surface area (Å²) in [5, 5.41) is 9.19. The number of halogens is 1. The summed E-state index contributed by atoms with van der Waals surface area (Å²) in [5.41, 5.74) is 5.88. The summed E-state index contributed by atoms with van der Waals surface area (Å²) in [6.07, 6.45) is 0. The Hall–Kier alpha value is -1.61. The Kier molecular flexibility index (Phi) is 3.76. The van der Waals surface area contributed by atoms with Crippen LogP contribution in [-0.4, -0.2) is 11.1 Å². The monoisotopic (exact) mass is 318 g/mol. The first-order chi connectivity index (χ1) is 8.90. The summed E-state index contributed by atoms with van der Waals surface area (Å²) in [4.78, 5) is 11.2. The second-order valence-corrected chi connectivity index (χ2v) is 5.63. The first-order valence-corrected chi connectivity index (χ1v) is 6.80. The maximum absolute atomic E-state index is 11.2. The van der Waals surface area contributed by atoms with Gasteiger partial charge in [0.15, 0.2) is 0 Å². The van der Waals surface area contributed by atoms with E-state index >= 15 is 0 Å². The lowest BCUT2D eigenvalue weighted by Gasteiger charge is -2.12. The zero-order chi connectivity index (χ0) is 14.2. The zero-order valence-electron chi connectivity index (χ0n) is 11.1. The van der Waals surface area contributed by atoms with Gasteiger partial charge in [0.05, 0.1) is 5.56 Å². The third kappa shape index (κ3) is 2.71. The van der Waals surface area contributed by atoms with E-state index in [9.17, 15) is 9.90 Å². The van der Waals surface area contributed by atoms with Crippen LogP contribution in [0.25, 0.3) is 11.1 Å². The molecule has 0 unspecified atom stereocenters. The van der Waals surface area contributed by atoms with E-state index in [1.54, 1.807) is 12.1 Å². The maximum Gasteiger partial charge on any atom is 0.336 e. The highest BCUT2D eigenvalue weighted by Crippen LogP contribution is 2.31. The van der Waals surface area contributed by atoms with Crippen molar-refractivity contribution < 1.29 is 9.90 Å². The average Bonchev–Trinajstić information content (AvgIpc) is 2.29. The molecule has 98 valence electrons. The minimum atomic E-state index is -0.920. The van der Waals surface area contributed by atoms with Gasteiger partial charge in [0.25, 0.3) is 0 Å². The number of carboxylic acid groups (broad SMARTS) is 1. The first kappa shape index (κ1) is 13.8. The highest BCUT2D eigenvalue weighted by atomic mass is 79.9. The molecule has 2 rings (SSSR count). The number of carboxylic acids is 1. The van der Waals surface area contributed by atoms with Gasteiger partial charge in [-0.1, -0.05) is 23.8 Å². The van der Waals surface area contributed by atoms with E-state index in [0.717, 1.165) is 22.3 Å². The fourth-order valence-electron chi connectivity index (χ4n) is 2.48. The quantitative estimate of drug-likeness (QED) is 0.868.